The highest BCUT2D eigenvalue weighted by Gasteiger charge is 2.12. The lowest BCUT2D eigenvalue weighted by atomic mass is 9.94. The Morgan fingerprint density at radius 1 is 0.846 bits per heavy atom. The third kappa shape index (κ3) is 3.75. The Hall–Kier alpha value is -2.34. The molecule has 0 fully saturated rings. The monoisotopic (exact) mass is 386 g/mol. The second-order valence-corrected chi connectivity index (χ2v) is 8.14. The van der Waals surface area contributed by atoms with Crippen molar-refractivity contribution in [3.05, 3.63) is 71.8 Å². The summed E-state index contributed by atoms with van der Waals surface area (Å²) in [7, 11) is 0.188. The second-order valence-electron chi connectivity index (χ2n) is 6.18. The van der Waals surface area contributed by atoms with Crippen molar-refractivity contribution in [3.8, 4) is 22.3 Å². The van der Waals surface area contributed by atoms with Crippen LogP contribution >= 0.6 is 11.6 Å². The van der Waals surface area contributed by atoms with Gasteiger partial charge in [-0.05, 0) is 46.5 Å². The maximum atomic E-state index is 11.5. The molecule has 0 bridgehead atoms. The highest BCUT2D eigenvalue weighted by molar-refractivity contribution is 7.89. The molecule has 0 saturated heterocycles. The van der Waals surface area contributed by atoms with Gasteiger partial charge in [-0.2, -0.15) is 0 Å². The third-order valence-corrected chi connectivity index (χ3v) is 5.39. The number of anilines is 1. The number of nitrogens with zero attached hydrogens (tertiary/aromatic N) is 1. The van der Waals surface area contributed by atoms with E-state index in [0.29, 0.717) is 5.02 Å². The Kier molecular flexibility index (Phi) is 5.05. The molecule has 0 unspecified atom stereocenters. The fourth-order valence-corrected chi connectivity index (χ4v) is 3.71. The number of hydrogen-bond acceptors (Lipinski definition) is 3. The minimum atomic E-state index is -3.70. The molecule has 0 saturated carbocycles. The Labute approximate surface area is 158 Å². The van der Waals surface area contributed by atoms with E-state index in [1.54, 1.807) is 12.1 Å². The molecular formula is C20H19ClN2O2S. The van der Waals surface area contributed by atoms with Crippen LogP contribution in [0.3, 0.4) is 0 Å². The highest BCUT2D eigenvalue weighted by Crippen LogP contribution is 2.36. The number of nitrogens with two attached hydrogens (primary N) is 1. The summed E-state index contributed by atoms with van der Waals surface area (Å²) in [4.78, 5) is 2.06. The van der Waals surface area contributed by atoms with E-state index in [1.165, 1.54) is 12.1 Å². The molecule has 4 nitrogen and oxygen atoms in total. The lowest BCUT2D eigenvalue weighted by Gasteiger charge is -2.16. The molecule has 0 atom stereocenters. The minimum absolute atomic E-state index is 0.0945. The molecule has 0 aliphatic rings. The Bertz CT molecular complexity index is 1050. The first-order chi connectivity index (χ1) is 12.3. The summed E-state index contributed by atoms with van der Waals surface area (Å²) in [5.74, 6) is 0. The largest absolute Gasteiger partial charge is 0.376 e. The van der Waals surface area contributed by atoms with Crippen molar-refractivity contribution in [1.29, 1.82) is 0 Å². The predicted molar refractivity (Wildman–Crippen MR) is 108 cm³/mol. The fourth-order valence-electron chi connectivity index (χ4n) is 2.85. The van der Waals surface area contributed by atoms with Gasteiger partial charge in [0.1, 0.15) is 0 Å². The first-order valence-electron chi connectivity index (χ1n) is 7.97. The van der Waals surface area contributed by atoms with Gasteiger partial charge in [0.05, 0.1) is 15.6 Å². The number of primary sulfonamides is 1. The molecule has 3 aromatic rings. The zero-order chi connectivity index (χ0) is 18.9. The lowest BCUT2D eigenvalue weighted by molar-refractivity contribution is 0.598. The first kappa shape index (κ1) is 18.5. The van der Waals surface area contributed by atoms with Gasteiger partial charge in [-0.3, -0.25) is 0 Å². The minimum Gasteiger partial charge on any atom is -0.376 e. The van der Waals surface area contributed by atoms with Crippen molar-refractivity contribution in [2.45, 2.75) is 4.90 Å². The third-order valence-electron chi connectivity index (χ3n) is 4.16. The molecular weight excluding hydrogens is 368 g/mol. The Balaban J connectivity index is 2.08. The fraction of sp³-hybridized carbons (Fsp3) is 0.100. The molecule has 134 valence electrons. The van der Waals surface area contributed by atoms with Crippen molar-refractivity contribution in [2.75, 3.05) is 19.0 Å². The van der Waals surface area contributed by atoms with Crippen LogP contribution in [0, 0.1) is 0 Å². The van der Waals surface area contributed by atoms with Gasteiger partial charge in [-0.25, -0.2) is 13.6 Å². The van der Waals surface area contributed by atoms with E-state index in [2.05, 4.69) is 0 Å². The predicted octanol–water partition coefficient (Wildman–Crippen LogP) is 4.39. The summed E-state index contributed by atoms with van der Waals surface area (Å²) in [6.45, 7) is 0. The van der Waals surface area contributed by atoms with Gasteiger partial charge in [0, 0.05) is 14.1 Å². The van der Waals surface area contributed by atoms with Crippen molar-refractivity contribution in [3.63, 3.8) is 0 Å². The van der Waals surface area contributed by atoms with E-state index in [9.17, 15) is 8.42 Å². The van der Waals surface area contributed by atoms with Gasteiger partial charge < -0.3 is 4.90 Å². The van der Waals surface area contributed by atoms with Crippen LogP contribution in [0.15, 0.2) is 71.6 Å². The van der Waals surface area contributed by atoms with Gasteiger partial charge >= 0.3 is 0 Å². The molecule has 0 radical (unpaired) electrons. The van der Waals surface area contributed by atoms with Crippen molar-refractivity contribution >= 4 is 27.3 Å². The van der Waals surface area contributed by atoms with Crippen LogP contribution < -0.4 is 10.0 Å². The lowest BCUT2D eigenvalue weighted by Crippen LogP contribution is -2.11. The van der Waals surface area contributed by atoms with Gasteiger partial charge in [0.15, 0.2) is 0 Å². The molecule has 0 aromatic heterocycles. The molecule has 6 heteroatoms. The Morgan fingerprint density at radius 3 is 1.88 bits per heavy atom. The Morgan fingerprint density at radius 2 is 1.38 bits per heavy atom. The van der Waals surface area contributed by atoms with Crippen LogP contribution in [0.5, 0.6) is 0 Å². The maximum Gasteiger partial charge on any atom is 0.238 e. The van der Waals surface area contributed by atoms with E-state index in [0.717, 1.165) is 27.9 Å². The number of halogens is 1. The normalized spacial score (nSPS) is 11.4. The van der Waals surface area contributed by atoms with Crippen LogP contribution in [-0.2, 0) is 10.0 Å². The summed E-state index contributed by atoms with van der Waals surface area (Å²) in [6.07, 6.45) is 0. The quantitative estimate of drug-likeness (QED) is 0.723. The number of benzene rings is 3. The van der Waals surface area contributed by atoms with E-state index in [4.69, 9.17) is 16.7 Å². The summed E-state index contributed by atoms with van der Waals surface area (Å²) in [5, 5.41) is 5.85. The van der Waals surface area contributed by atoms with Crippen LogP contribution in [-0.4, -0.2) is 22.5 Å². The summed E-state index contributed by atoms with van der Waals surface area (Å²) in [6, 6.07) is 20.4. The van der Waals surface area contributed by atoms with Crippen LogP contribution in [0.25, 0.3) is 22.3 Å². The summed E-state index contributed by atoms with van der Waals surface area (Å²) < 4.78 is 22.9. The number of rotatable bonds is 4. The highest BCUT2D eigenvalue weighted by atomic mass is 35.5. The second kappa shape index (κ2) is 7.11. The molecule has 26 heavy (non-hydrogen) atoms. The van der Waals surface area contributed by atoms with Crippen molar-refractivity contribution in [1.82, 2.24) is 0 Å². The van der Waals surface area contributed by atoms with E-state index < -0.39 is 10.0 Å². The summed E-state index contributed by atoms with van der Waals surface area (Å²) in [5.41, 5.74) is 4.85. The first-order valence-corrected chi connectivity index (χ1v) is 9.89. The maximum absolute atomic E-state index is 11.5. The van der Waals surface area contributed by atoms with E-state index in [-0.39, 0.29) is 4.90 Å². The molecule has 0 heterocycles. The standard InChI is InChI=1S/C20H19ClN2O2S/c1-23(2)20-12-9-15(13-19(20)21)18-6-4-3-5-17(18)14-7-10-16(11-8-14)26(22,24)25/h3-13H,1-2H3,(H2,22,24,25). The molecule has 3 aromatic carbocycles. The van der Waals surface area contributed by atoms with Gasteiger partial charge in [0.25, 0.3) is 0 Å². The summed E-state index contributed by atoms with van der Waals surface area (Å²) >= 11 is 6.42. The molecule has 0 amide bonds. The molecule has 0 aliphatic heterocycles. The van der Waals surface area contributed by atoms with Gasteiger partial charge in [-0.15, -0.1) is 0 Å². The zero-order valence-corrected chi connectivity index (χ0v) is 16.1. The van der Waals surface area contributed by atoms with Crippen LogP contribution in [0.4, 0.5) is 5.69 Å². The SMILES string of the molecule is CN(C)c1ccc(-c2ccccc2-c2ccc(S(N)(=O)=O)cc2)cc1Cl. The smallest absolute Gasteiger partial charge is 0.238 e. The molecule has 2 N–H and O–H groups in total. The van der Waals surface area contributed by atoms with Gasteiger partial charge in [0.2, 0.25) is 10.0 Å². The average molecular weight is 387 g/mol. The zero-order valence-electron chi connectivity index (χ0n) is 14.5. The topological polar surface area (TPSA) is 63.4 Å². The molecule has 0 spiro atoms. The van der Waals surface area contributed by atoms with E-state index >= 15 is 0 Å². The average Bonchev–Trinajstić information content (AvgIpc) is 2.60. The molecule has 0 aliphatic carbocycles. The van der Waals surface area contributed by atoms with Crippen LogP contribution in [0.1, 0.15) is 0 Å². The number of sulfonamides is 1. The van der Waals surface area contributed by atoms with Crippen LogP contribution in [0.2, 0.25) is 5.02 Å². The van der Waals surface area contributed by atoms with Crippen molar-refractivity contribution < 1.29 is 8.42 Å². The van der Waals surface area contributed by atoms with Gasteiger partial charge in [-0.1, -0.05) is 54.1 Å². The number of hydrogen-bond donors (Lipinski definition) is 1. The van der Waals surface area contributed by atoms with E-state index in [1.807, 2.05) is 61.5 Å². The molecule has 3 rings (SSSR count). The van der Waals surface area contributed by atoms with Crippen molar-refractivity contribution in [2.24, 2.45) is 5.14 Å².